The standard InChI is InChI=1S/C18H25BrN2O2/c1-13-12-16(8-9-17(13)19)21(14(2)22)11-10-20-18(23)15-6-4-3-5-7-15/h8-9,12,15H,3-7,10-11H2,1-2H3,(H,20,23). The van der Waals surface area contributed by atoms with Gasteiger partial charge in [0, 0.05) is 36.1 Å². The molecule has 126 valence electrons. The maximum atomic E-state index is 12.2. The quantitative estimate of drug-likeness (QED) is 0.843. The number of hydrogen-bond acceptors (Lipinski definition) is 2. The summed E-state index contributed by atoms with van der Waals surface area (Å²) in [5, 5.41) is 2.99. The first-order valence-corrected chi connectivity index (χ1v) is 9.10. The number of benzene rings is 1. The van der Waals surface area contributed by atoms with E-state index in [1.165, 1.54) is 6.42 Å². The van der Waals surface area contributed by atoms with Gasteiger partial charge in [-0.05, 0) is 43.5 Å². The molecule has 0 saturated heterocycles. The highest BCUT2D eigenvalue weighted by molar-refractivity contribution is 9.10. The smallest absolute Gasteiger partial charge is 0.223 e. The Bertz CT molecular complexity index is 568. The van der Waals surface area contributed by atoms with Crippen LogP contribution in [0.5, 0.6) is 0 Å². The zero-order valence-corrected chi connectivity index (χ0v) is 15.5. The average Bonchev–Trinajstić information content (AvgIpc) is 2.54. The highest BCUT2D eigenvalue weighted by Crippen LogP contribution is 2.24. The third-order valence-electron chi connectivity index (χ3n) is 4.44. The molecule has 0 heterocycles. The predicted molar refractivity (Wildman–Crippen MR) is 96.5 cm³/mol. The second kappa shape index (κ2) is 8.48. The van der Waals surface area contributed by atoms with Gasteiger partial charge in [0.2, 0.25) is 11.8 Å². The van der Waals surface area contributed by atoms with E-state index in [-0.39, 0.29) is 17.7 Å². The van der Waals surface area contributed by atoms with E-state index < -0.39 is 0 Å². The minimum atomic E-state index is -0.0152. The second-order valence-corrected chi connectivity index (χ2v) is 7.08. The van der Waals surface area contributed by atoms with E-state index in [0.717, 1.165) is 41.4 Å². The third-order valence-corrected chi connectivity index (χ3v) is 5.33. The first kappa shape index (κ1) is 18.0. The highest BCUT2D eigenvalue weighted by Gasteiger charge is 2.21. The molecule has 1 aromatic carbocycles. The Labute approximate surface area is 146 Å². The van der Waals surface area contributed by atoms with Crippen LogP contribution in [-0.4, -0.2) is 24.9 Å². The van der Waals surface area contributed by atoms with Crippen LogP contribution in [0.2, 0.25) is 0 Å². The number of anilines is 1. The molecule has 0 aliphatic heterocycles. The van der Waals surface area contributed by atoms with Crippen molar-refractivity contribution in [2.75, 3.05) is 18.0 Å². The maximum Gasteiger partial charge on any atom is 0.223 e. The Balaban J connectivity index is 1.91. The van der Waals surface area contributed by atoms with Gasteiger partial charge in [-0.15, -0.1) is 0 Å². The number of amides is 2. The fourth-order valence-corrected chi connectivity index (χ4v) is 3.31. The molecule has 1 N–H and O–H groups in total. The van der Waals surface area contributed by atoms with E-state index in [1.807, 2.05) is 25.1 Å². The summed E-state index contributed by atoms with van der Waals surface area (Å²) in [5.41, 5.74) is 1.95. The molecule has 0 spiro atoms. The first-order chi connectivity index (χ1) is 11.0. The van der Waals surface area contributed by atoms with Gasteiger partial charge in [0.15, 0.2) is 0 Å². The van der Waals surface area contributed by atoms with E-state index in [9.17, 15) is 9.59 Å². The summed E-state index contributed by atoms with van der Waals surface area (Å²) >= 11 is 3.47. The first-order valence-electron chi connectivity index (χ1n) is 8.31. The van der Waals surface area contributed by atoms with Crippen LogP contribution < -0.4 is 10.2 Å². The van der Waals surface area contributed by atoms with E-state index in [1.54, 1.807) is 11.8 Å². The Kier molecular flexibility index (Phi) is 6.63. The molecule has 0 aromatic heterocycles. The summed E-state index contributed by atoms with van der Waals surface area (Å²) in [7, 11) is 0. The fourth-order valence-electron chi connectivity index (χ4n) is 3.07. The van der Waals surface area contributed by atoms with Gasteiger partial charge in [-0.3, -0.25) is 9.59 Å². The fraction of sp³-hybridized carbons (Fsp3) is 0.556. The van der Waals surface area contributed by atoms with Crippen molar-refractivity contribution < 1.29 is 9.59 Å². The normalized spacial score (nSPS) is 15.3. The summed E-state index contributed by atoms with van der Waals surface area (Å²) < 4.78 is 1.02. The third kappa shape index (κ3) is 5.06. The zero-order valence-electron chi connectivity index (χ0n) is 13.9. The largest absolute Gasteiger partial charge is 0.354 e. The van der Waals surface area contributed by atoms with Crippen LogP contribution in [-0.2, 0) is 9.59 Å². The Morgan fingerprint density at radius 1 is 1.26 bits per heavy atom. The lowest BCUT2D eigenvalue weighted by molar-refractivity contribution is -0.126. The molecule has 5 heteroatoms. The molecule has 0 atom stereocenters. The van der Waals surface area contributed by atoms with Crippen LogP contribution >= 0.6 is 15.9 Å². The number of nitrogens with zero attached hydrogens (tertiary/aromatic N) is 1. The number of hydrogen-bond donors (Lipinski definition) is 1. The molecule has 2 amide bonds. The van der Waals surface area contributed by atoms with Crippen molar-refractivity contribution in [1.82, 2.24) is 5.32 Å². The average molecular weight is 381 g/mol. The maximum absolute atomic E-state index is 12.2. The van der Waals surface area contributed by atoms with E-state index in [0.29, 0.717) is 13.1 Å². The van der Waals surface area contributed by atoms with Gasteiger partial charge in [0.1, 0.15) is 0 Å². The van der Waals surface area contributed by atoms with Crippen molar-refractivity contribution in [2.24, 2.45) is 5.92 Å². The van der Waals surface area contributed by atoms with Crippen molar-refractivity contribution in [2.45, 2.75) is 46.0 Å². The van der Waals surface area contributed by atoms with Crippen LogP contribution in [0, 0.1) is 12.8 Å². The lowest BCUT2D eigenvalue weighted by Gasteiger charge is -2.24. The molecule has 1 aliphatic carbocycles. The monoisotopic (exact) mass is 380 g/mol. The van der Waals surface area contributed by atoms with Crippen molar-refractivity contribution in [1.29, 1.82) is 0 Å². The summed E-state index contributed by atoms with van der Waals surface area (Å²) in [6.07, 6.45) is 5.53. The molecule has 0 radical (unpaired) electrons. The highest BCUT2D eigenvalue weighted by atomic mass is 79.9. The Morgan fingerprint density at radius 2 is 1.96 bits per heavy atom. The summed E-state index contributed by atoms with van der Waals surface area (Å²) in [6.45, 7) is 4.54. The summed E-state index contributed by atoms with van der Waals surface area (Å²) in [6, 6.07) is 5.84. The number of carbonyl (C=O) groups is 2. The van der Waals surface area contributed by atoms with Gasteiger partial charge in [0.25, 0.3) is 0 Å². The molecule has 2 rings (SSSR count). The molecule has 1 fully saturated rings. The van der Waals surface area contributed by atoms with Crippen LogP contribution in [0.15, 0.2) is 22.7 Å². The molecule has 1 aromatic rings. The summed E-state index contributed by atoms with van der Waals surface area (Å²) in [5.74, 6) is 0.281. The van der Waals surface area contributed by atoms with E-state index in [2.05, 4.69) is 21.2 Å². The lowest BCUT2D eigenvalue weighted by Crippen LogP contribution is -2.40. The van der Waals surface area contributed by atoms with Crippen LogP contribution in [0.25, 0.3) is 0 Å². The molecular weight excluding hydrogens is 356 g/mol. The lowest BCUT2D eigenvalue weighted by atomic mass is 9.89. The van der Waals surface area contributed by atoms with Crippen LogP contribution in [0.3, 0.4) is 0 Å². The number of aryl methyl sites for hydroxylation is 1. The van der Waals surface area contributed by atoms with Crippen molar-refractivity contribution >= 4 is 33.4 Å². The van der Waals surface area contributed by atoms with Gasteiger partial charge < -0.3 is 10.2 Å². The van der Waals surface area contributed by atoms with Gasteiger partial charge in [-0.2, -0.15) is 0 Å². The molecule has 1 saturated carbocycles. The summed E-state index contributed by atoms with van der Waals surface area (Å²) in [4.78, 5) is 25.8. The van der Waals surface area contributed by atoms with Crippen molar-refractivity contribution in [3.8, 4) is 0 Å². The molecule has 4 nitrogen and oxygen atoms in total. The second-order valence-electron chi connectivity index (χ2n) is 6.23. The predicted octanol–water partition coefficient (Wildman–Crippen LogP) is 3.81. The van der Waals surface area contributed by atoms with Crippen molar-refractivity contribution in [3.05, 3.63) is 28.2 Å². The SMILES string of the molecule is CC(=O)N(CCNC(=O)C1CCCCC1)c1ccc(Br)c(C)c1. The molecule has 1 aliphatic rings. The number of nitrogens with one attached hydrogen (secondary N) is 1. The van der Waals surface area contributed by atoms with E-state index >= 15 is 0 Å². The molecule has 0 bridgehead atoms. The molecule has 23 heavy (non-hydrogen) atoms. The minimum Gasteiger partial charge on any atom is -0.354 e. The molecule has 0 unspecified atom stereocenters. The minimum absolute atomic E-state index is 0.0152. The zero-order chi connectivity index (χ0) is 16.8. The number of rotatable bonds is 5. The van der Waals surface area contributed by atoms with E-state index in [4.69, 9.17) is 0 Å². The molecular formula is C18H25BrN2O2. The van der Waals surface area contributed by atoms with Gasteiger partial charge in [-0.25, -0.2) is 0 Å². The van der Waals surface area contributed by atoms with Gasteiger partial charge in [-0.1, -0.05) is 35.2 Å². The topological polar surface area (TPSA) is 49.4 Å². The van der Waals surface area contributed by atoms with Gasteiger partial charge >= 0.3 is 0 Å². The Hall–Kier alpha value is -1.36. The number of carbonyl (C=O) groups excluding carboxylic acids is 2. The number of halogens is 1. The van der Waals surface area contributed by atoms with Gasteiger partial charge in [0.05, 0.1) is 0 Å². The Morgan fingerprint density at radius 3 is 2.57 bits per heavy atom. The van der Waals surface area contributed by atoms with Crippen LogP contribution in [0.4, 0.5) is 5.69 Å². The van der Waals surface area contributed by atoms with Crippen molar-refractivity contribution in [3.63, 3.8) is 0 Å². The van der Waals surface area contributed by atoms with Crippen LogP contribution in [0.1, 0.15) is 44.6 Å².